The van der Waals surface area contributed by atoms with Crippen LogP contribution < -0.4 is 5.32 Å². The summed E-state index contributed by atoms with van der Waals surface area (Å²) in [6.45, 7) is 1.93. The first-order valence-corrected chi connectivity index (χ1v) is 10.3. The Hall–Kier alpha value is -3.47. The van der Waals surface area contributed by atoms with Crippen LogP contribution in [0.5, 0.6) is 0 Å². The summed E-state index contributed by atoms with van der Waals surface area (Å²) in [4.78, 5) is 18.1. The van der Waals surface area contributed by atoms with E-state index in [1.54, 1.807) is 4.68 Å². The van der Waals surface area contributed by atoms with E-state index < -0.39 is 0 Å². The van der Waals surface area contributed by atoms with Gasteiger partial charge in [-0.15, -0.1) is 0 Å². The molecule has 4 aromatic rings. The summed E-state index contributed by atoms with van der Waals surface area (Å²) in [5.74, 6) is 0.452. The van der Waals surface area contributed by atoms with E-state index in [0.717, 1.165) is 40.8 Å². The summed E-state index contributed by atoms with van der Waals surface area (Å²) in [6.07, 6.45) is 2.02. The first kappa shape index (κ1) is 18.6. The Balaban J connectivity index is 1.44. The molecule has 0 bridgehead atoms. The van der Waals surface area contributed by atoms with Gasteiger partial charge in [-0.1, -0.05) is 60.7 Å². The second-order valence-electron chi connectivity index (χ2n) is 8.09. The quantitative estimate of drug-likeness (QED) is 0.547. The van der Waals surface area contributed by atoms with Gasteiger partial charge in [-0.2, -0.15) is 5.10 Å². The van der Waals surface area contributed by atoms with E-state index in [1.807, 2.05) is 56.4 Å². The summed E-state index contributed by atoms with van der Waals surface area (Å²) in [7, 11) is 1.87. The lowest BCUT2D eigenvalue weighted by atomic mass is 10.0. The van der Waals surface area contributed by atoms with Gasteiger partial charge in [0.2, 0.25) is 0 Å². The maximum absolute atomic E-state index is 13.3. The highest BCUT2D eigenvalue weighted by Gasteiger charge is 2.38. The smallest absolute Gasteiger partial charge is 0.252 e. The molecule has 0 spiro atoms. The molecule has 2 aromatic carbocycles. The number of aryl methyl sites for hydroxylation is 2. The highest BCUT2D eigenvalue weighted by atomic mass is 16.1. The van der Waals surface area contributed by atoms with Crippen LogP contribution in [0.1, 0.15) is 28.0 Å². The van der Waals surface area contributed by atoms with E-state index in [-0.39, 0.29) is 11.9 Å². The fourth-order valence-electron chi connectivity index (χ4n) is 4.19. The van der Waals surface area contributed by atoms with Crippen LogP contribution in [0.3, 0.4) is 0 Å². The van der Waals surface area contributed by atoms with Gasteiger partial charge in [0.1, 0.15) is 0 Å². The molecule has 1 amide bonds. The minimum absolute atomic E-state index is 0.0451. The van der Waals surface area contributed by atoms with Crippen LogP contribution in [0.2, 0.25) is 0 Å². The Kier molecular flexibility index (Phi) is 4.58. The van der Waals surface area contributed by atoms with Crippen molar-refractivity contribution in [3.63, 3.8) is 0 Å². The molecule has 30 heavy (non-hydrogen) atoms. The first-order valence-electron chi connectivity index (χ1n) is 10.3. The predicted octanol–water partition coefficient (Wildman–Crippen LogP) is 4.30. The molecule has 5 nitrogen and oxygen atoms in total. The Morgan fingerprint density at radius 3 is 2.53 bits per heavy atom. The molecule has 1 aliphatic rings. The number of rotatable bonds is 5. The SMILES string of the molecule is Cc1nn(C)c2nc(-c3ccccc3)cc(C(=O)NC3CC3Cc3ccccc3)c12. The fourth-order valence-corrected chi connectivity index (χ4v) is 4.19. The first-order chi connectivity index (χ1) is 14.6. The van der Waals surface area contributed by atoms with Crippen LogP contribution in [0.15, 0.2) is 66.7 Å². The van der Waals surface area contributed by atoms with E-state index in [9.17, 15) is 4.79 Å². The molecule has 0 saturated heterocycles. The van der Waals surface area contributed by atoms with Crippen molar-refractivity contribution in [3.8, 4) is 11.3 Å². The summed E-state index contributed by atoms with van der Waals surface area (Å²) in [5.41, 5.74) is 5.29. The van der Waals surface area contributed by atoms with Crippen molar-refractivity contribution in [2.24, 2.45) is 13.0 Å². The van der Waals surface area contributed by atoms with Crippen molar-refractivity contribution in [1.82, 2.24) is 20.1 Å². The Labute approximate surface area is 175 Å². The third-order valence-electron chi connectivity index (χ3n) is 5.86. The molecule has 5 heteroatoms. The number of carbonyl (C=O) groups excluding carboxylic acids is 1. The highest BCUT2D eigenvalue weighted by molar-refractivity contribution is 6.07. The number of nitrogens with one attached hydrogen (secondary N) is 1. The molecule has 2 unspecified atom stereocenters. The number of pyridine rings is 1. The minimum Gasteiger partial charge on any atom is -0.349 e. The predicted molar refractivity (Wildman–Crippen MR) is 118 cm³/mol. The molecular formula is C25H24N4O. The van der Waals surface area contributed by atoms with Gasteiger partial charge < -0.3 is 5.32 Å². The largest absolute Gasteiger partial charge is 0.349 e. The number of hydrogen-bond donors (Lipinski definition) is 1. The Bertz CT molecular complexity index is 1210. The van der Waals surface area contributed by atoms with Crippen molar-refractivity contribution in [3.05, 3.63) is 83.6 Å². The number of hydrogen-bond acceptors (Lipinski definition) is 3. The topological polar surface area (TPSA) is 59.8 Å². The molecule has 1 aliphatic carbocycles. The molecule has 0 radical (unpaired) electrons. The van der Waals surface area contributed by atoms with Gasteiger partial charge in [-0.3, -0.25) is 9.48 Å². The van der Waals surface area contributed by atoms with Gasteiger partial charge in [0.25, 0.3) is 5.91 Å². The van der Waals surface area contributed by atoms with Gasteiger partial charge in [0.15, 0.2) is 5.65 Å². The van der Waals surface area contributed by atoms with Crippen molar-refractivity contribution in [2.75, 3.05) is 0 Å². The summed E-state index contributed by atoms with van der Waals surface area (Å²) >= 11 is 0. The fraction of sp³-hybridized carbons (Fsp3) is 0.240. The molecule has 2 atom stereocenters. The Morgan fingerprint density at radius 1 is 1.10 bits per heavy atom. The number of amides is 1. The van der Waals surface area contributed by atoms with Crippen LogP contribution in [-0.2, 0) is 13.5 Å². The van der Waals surface area contributed by atoms with Crippen LogP contribution in [0.4, 0.5) is 0 Å². The zero-order valence-electron chi connectivity index (χ0n) is 17.2. The number of carbonyl (C=O) groups is 1. The summed E-state index contributed by atoms with van der Waals surface area (Å²) < 4.78 is 1.75. The minimum atomic E-state index is -0.0451. The standard InChI is InChI=1S/C25H24N4O/c1-16-23-20(25(30)27-21-14-19(21)13-17-9-5-3-6-10-17)15-22(18-11-7-4-8-12-18)26-24(23)29(2)28-16/h3-12,15,19,21H,13-14H2,1-2H3,(H,27,30). The van der Waals surface area contributed by atoms with E-state index in [0.29, 0.717) is 11.5 Å². The van der Waals surface area contributed by atoms with Gasteiger partial charge in [0, 0.05) is 18.7 Å². The monoisotopic (exact) mass is 396 g/mol. The lowest BCUT2D eigenvalue weighted by Gasteiger charge is -2.10. The molecule has 1 saturated carbocycles. The van der Waals surface area contributed by atoms with Crippen molar-refractivity contribution < 1.29 is 4.79 Å². The maximum Gasteiger partial charge on any atom is 0.252 e. The van der Waals surface area contributed by atoms with Crippen molar-refractivity contribution in [1.29, 1.82) is 0 Å². The average Bonchev–Trinajstić information content (AvgIpc) is 3.42. The maximum atomic E-state index is 13.3. The summed E-state index contributed by atoms with van der Waals surface area (Å²) in [5, 5.41) is 8.58. The molecule has 2 aromatic heterocycles. The molecule has 1 fully saturated rings. The summed E-state index contributed by atoms with van der Waals surface area (Å²) in [6, 6.07) is 22.5. The zero-order chi connectivity index (χ0) is 20.7. The van der Waals surface area contributed by atoms with Gasteiger partial charge in [-0.05, 0) is 37.3 Å². The van der Waals surface area contributed by atoms with Crippen LogP contribution in [0.25, 0.3) is 22.3 Å². The number of aromatic nitrogens is 3. The van der Waals surface area contributed by atoms with Crippen LogP contribution in [0, 0.1) is 12.8 Å². The van der Waals surface area contributed by atoms with Crippen molar-refractivity contribution in [2.45, 2.75) is 25.8 Å². The molecular weight excluding hydrogens is 372 g/mol. The average molecular weight is 396 g/mol. The molecule has 2 heterocycles. The number of benzene rings is 2. The lowest BCUT2D eigenvalue weighted by Crippen LogP contribution is -2.27. The second-order valence-corrected chi connectivity index (χ2v) is 8.09. The third-order valence-corrected chi connectivity index (χ3v) is 5.86. The van der Waals surface area contributed by atoms with Crippen LogP contribution >= 0.6 is 0 Å². The van der Waals surface area contributed by atoms with Crippen molar-refractivity contribution >= 4 is 16.9 Å². The number of fused-ring (bicyclic) bond motifs is 1. The van der Waals surface area contributed by atoms with Crippen LogP contribution in [-0.4, -0.2) is 26.7 Å². The molecule has 5 rings (SSSR count). The molecule has 0 aliphatic heterocycles. The van der Waals surface area contributed by atoms with Gasteiger partial charge >= 0.3 is 0 Å². The molecule has 150 valence electrons. The lowest BCUT2D eigenvalue weighted by molar-refractivity contribution is 0.0950. The van der Waals surface area contributed by atoms with Gasteiger partial charge in [-0.25, -0.2) is 4.98 Å². The molecule has 1 N–H and O–H groups in total. The third kappa shape index (κ3) is 3.47. The zero-order valence-corrected chi connectivity index (χ0v) is 17.2. The van der Waals surface area contributed by atoms with E-state index in [1.165, 1.54) is 5.56 Å². The van der Waals surface area contributed by atoms with E-state index in [4.69, 9.17) is 4.98 Å². The second kappa shape index (κ2) is 7.41. The normalized spacial score (nSPS) is 17.8. The Morgan fingerprint density at radius 2 is 1.80 bits per heavy atom. The number of nitrogens with zero attached hydrogens (tertiary/aromatic N) is 3. The van der Waals surface area contributed by atoms with Gasteiger partial charge in [0.05, 0.1) is 22.3 Å². The highest BCUT2D eigenvalue weighted by Crippen LogP contribution is 2.35. The van der Waals surface area contributed by atoms with E-state index >= 15 is 0 Å². The van der Waals surface area contributed by atoms with E-state index in [2.05, 4.69) is 34.7 Å².